The second kappa shape index (κ2) is 11.9. The molecule has 0 spiro atoms. The number of nitrogens with one attached hydrogen (secondary N) is 3. The van der Waals surface area contributed by atoms with E-state index in [4.69, 9.17) is 4.42 Å². The van der Waals surface area contributed by atoms with E-state index in [1.807, 2.05) is 18.5 Å². The summed E-state index contributed by atoms with van der Waals surface area (Å²) in [5.41, 5.74) is 0.841. The smallest absolute Gasteiger partial charge is 0.287 e. The summed E-state index contributed by atoms with van der Waals surface area (Å²) in [5.74, 6) is 2.97. The average molecular weight is 529 g/mol. The summed E-state index contributed by atoms with van der Waals surface area (Å²) >= 11 is 0. The van der Waals surface area contributed by atoms with Gasteiger partial charge in [0.2, 0.25) is 0 Å². The van der Waals surface area contributed by atoms with E-state index in [0.29, 0.717) is 18.8 Å². The lowest BCUT2D eigenvalue weighted by atomic mass is 10.1. The van der Waals surface area contributed by atoms with E-state index < -0.39 is 0 Å². The van der Waals surface area contributed by atoms with Crippen molar-refractivity contribution in [3.63, 3.8) is 0 Å². The molecule has 1 amide bonds. The molecule has 10 heteroatoms. The minimum Gasteiger partial charge on any atom is -0.459 e. The molecule has 1 aliphatic heterocycles. The van der Waals surface area contributed by atoms with Crippen LogP contribution in [0.25, 0.3) is 0 Å². The van der Waals surface area contributed by atoms with Gasteiger partial charge in [0.25, 0.3) is 5.91 Å². The van der Waals surface area contributed by atoms with Crippen molar-refractivity contribution in [2.45, 2.75) is 59.0 Å². The van der Waals surface area contributed by atoms with Gasteiger partial charge < -0.3 is 20.4 Å². The van der Waals surface area contributed by atoms with Crippen LogP contribution in [0.5, 0.6) is 0 Å². The van der Waals surface area contributed by atoms with Crippen LogP contribution in [0.3, 0.4) is 0 Å². The molecule has 0 bridgehead atoms. The fourth-order valence-corrected chi connectivity index (χ4v) is 3.30. The van der Waals surface area contributed by atoms with Gasteiger partial charge in [0.05, 0.1) is 12.8 Å². The lowest BCUT2D eigenvalue weighted by Gasteiger charge is -2.25. The summed E-state index contributed by atoms with van der Waals surface area (Å²) < 4.78 is 7.21. The normalized spacial score (nSPS) is 15.8. The van der Waals surface area contributed by atoms with Crippen LogP contribution in [0.1, 0.15) is 54.5 Å². The van der Waals surface area contributed by atoms with Gasteiger partial charge in [0.1, 0.15) is 5.82 Å². The highest BCUT2D eigenvalue weighted by Gasteiger charge is 2.22. The number of halogens is 1. The number of nitrogens with zero attached hydrogens (tertiary/aromatic N) is 4. The Morgan fingerprint density at radius 1 is 1.37 bits per heavy atom. The van der Waals surface area contributed by atoms with Gasteiger partial charge in [0.15, 0.2) is 17.5 Å². The first-order valence-electron chi connectivity index (χ1n) is 10.4. The highest BCUT2D eigenvalue weighted by molar-refractivity contribution is 14.0. The number of aromatic nitrogens is 3. The van der Waals surface area contributed by atoms with Crippen LogP contribution in [0, 0.1) is 6.92 Å². The molecular weight excluding hydrogens is 497 g/mol. The van der Waals surface area contributed by atoms with Crippen molar-refractivity contribution < 1.29 is 9.21 Å². The standard InChI is InChI=1S/C20H31N7O2.HI/c1-4-16-25-17-8-7-15(13-27(17)26-16)24-20(21-5-2)23-11-6-10-22-19(28)18-14(3)9-12-29-18;/h9,12,15H,4-8,10-11,13H2,1-3H3,(H,22,28)(H2,21,23,24);1H. The SMILES string of the molecule is CCNC(=NCCCNC(=O)c1occc1C)NC1CCc2nc(CC)nn2C1.I. The van der Waals surface area contributed by atoms with E-state index in [1.165, 1.54) is 6.26 Å². The molecule has 166 valence electrons. The van der Waals surface area contributed by atoms with E-state index in [-0.39, 0.29) is 35.9 Å². The van der Waals surface area contributed by atoms with Gasteiger partial charge >= 0.3 is 0 Å². The molecule has 0 saturated heterocycles. The Balaban J connectivity index is 0.00000320. The van der Waals surface area contributed by atoms with E-state index in [2.05, 4.69) is 37.9 Å². The number of guanidine groups is 1. The van der Waals surface area contributed by atoms with E-state index in [0.717, 1.165) is 61.9 Å². The Bertz CT molecular complexity index is 846. The van der Waals surface area contributed by atoms with Crippen LogP contribution in [0.4, 0.5) is 0 Å². The van der Waals surface area contributed by atoms with Crippen molar-refractivity contribution in [3.05, 3.63) is 35.3 Å². The third-order valence-corrected chi connectivity index (χ3v) is 4.86. The lowest BCUT2D eigenvalue weighted by molar-refractivity contribution is 0.0925. The second-order valence-electron chi connectivity index (χ2n) is 7.16. The summed E-state index contributed by atoms with van der Waals surface area (Å²) in [4.78, 5) is 21.2. The molecule has 1 unspecified atom stereocenters. The molecular formula is C20H32IN7O2. The van der Waals surface area contributed by atoms with Crippen LogP contribution >= 0.6 is 24.0 Å². The van der Waals surface area contributed by atoms with Crippen molar-refractivity contribution >= 4 is 35.8 Å². The molecule has 3 heterocycles. The number of aryl methyl sites for hydroxylation is 3. The minimum atomic E-state index is -0.182. The number of furan rings is 1. The zero-order valence-electron chi connectivity index (χ0n) is 17.9. The first-order chi connectivity index (χ1) is 14.1. The number of hydrogen-bond acceptors (Lipinski definition) is 5. The molecule has 3 N–H and O–H groups in total. The summed E-state index contributed by atoms with van der Waals surface area (Å²) in [5, 5.41) is 14.2. The molecule has 0 aromatic carbocycles. The quantitative estimate of drug-likeness (QED) is 0.209. The van der Waals surface area contributed by atoms with Gasteiger partial charge in [0, 0.05) is 44.1 Å². The number of hydrogen-bond donors (Lipinski definition) is 3. The van der Waals surface area contributed by atoms with Crippen molar-refractivity contribution in [1.82, 2.24) is 30.7 Å². The van der Waals surface area contributed by atoms with Crippen molar-refractivity contribution in [2.24, 2.45) is 4.99 Å². The van der Waals surface area contributed by atoms with Crippen LogP contribution < -0.4 is 16.0 Å². The van der Waals surface area contributed by atoms with Crippen molar-refractivity contribution in [2.75, 3.05) is 19.6 Å². The number of rotatable bonds is 8. The molecule has 1 atom stereocenters. The number of aliphatic imine (C=N–C) groups is 1. The second-order valence-corrected chi connectivity index (χ2v) is 7.16. The van der Waals surface area contributed by atoms with Gasteiger partial charge in [-0.3, -0.25) is 9.79 Å². The minimum absolute atomic E-state index is 0. The lowest BCUT2D eigenvalue weighted by Crippen LogP contribution is -2.47. The first kappa shape index (κ1) is 24.2. The molecule has 3 rings (SSSR count). The number of amides is 1. The molecule has 9 nitrogen and oxygen atoms in total. The molecule has 30 heavy (non-hydrogen) atoms. The number of carbonyl (C=O) groups excluding carboxylic acids is 1. The van der Waals surface area contributed by atoms with Crippen molar-refractivity contribution in [1.29, 1.82) is 0 Å². The number of fused-ring (bicyclic) bond motifs is 1. The zero-order chi connectivity index (χ0) is 20.6. The highest BCUT2D eigenvalue weighted by atomic mass is 127. The van der Waals surface area contributed by atoms with Gasteiger partial charge in [-0.2, -0.15) is 5.10 Å². The number of carbonyl (C=O) groups is 1. The molecule has 1 aliphatic rings. The monoisotopic (exact) mass is 529 g/mol. The summed E-state index contributed by atoms with van der Waals surface area (Å²) in [6, 6.07) is 2.05. The van der Waals surface area contributed by atoms with Crippen LogP contribution in [0.2, 0.25) is 0 Å². The summed E-state index contributed by atoms with van der Waals surface area (Å²) in [6.45, 7) is 8.74. The molecule has 2 aromatic heterocycles. The molecule has 0 fully saturated rings. The Morgan fingerprint density at radius 2 is 2.20 bits per heavy atom. The average Bonchev–Trinajstić information content (AvgIpc) is 3.32. The largest absolute Gasteiger partial charge is 0.459 e. The Hall–Kier alpha value is -2.11. The van der Waals surface area contributed by atoms with Gasteiger partial charge in [-0.1, -0.05) is 6.92 Å². The Morgan fingerprint density at radius 3 is 2.90 bits per heavy atom. The fourth-order valence-electron chi connectivity index (χ4n) is 3.30. The van der Waals surface area contributed by atoms with Gasteiger partial charge in [-0.25, -0.2) is 9.67 Å². The maximum atomic E-state index is 12.0. The topological polar surface area (TPSA) is 109 Å². The van der Waals surface area contributed by atoms with Crippen LogP contribution in [-0.2, 0) is 19.4 Å². The van der Waals surface area contributed by atoms with E-state index in [1.54, 1.807) is 6.07 Å². The van der Waals surface area contributed by atoms with Gasteiger partial charge in [-0.05, 0) is 32.8 Å². The molecule has 0 aliphatic carbocycles. The molecule has 0 saturated carbocycles. The van der Waals surface area contributed by atoms with E-state index >= 15 is 0 Å². The Labute approximate surface area is 194 Å². The molecule has 2 aromatic rings. The Kier molecular flexibility index (Phi) is 9.60. The molecule has 0 radical (unpaired) electrons. The van der Waals surface area contributed by atoms with Crippen LogP contribution in [0.15, 0.2) is 21.7 Å². The predicted octanol–water partition coefficient (Wildman–Crippen LogP) is 2.05. The summed E-state index contributed by atoms with van der Waals surface area (Å²) in [7, 11) is 0. The van der Waals surface area contributed by atoms with Crippen molar-refractivity contribution in [3.8, 4) is 0 Å². The fraction of sp³-hybridized carbons (Fsp3) is 0.600. The predicted molar refractivity (Wildman–Crippen MR) is 126 cm³/mol. The van der Waals surface area contributed by atoms with Crippen LogP contribution in [-0.4, -0.2) is 52.3 Å². The first-order valence-corrected chi connectivity index (χ1v) is 10.4. The summed E-state index contributed by atoms with van der Waals surface area (Å²) in [6.07, 6.45) is 5.06. The third-order valence-electron chi connectivity index (χ3n) is 4.86. The van der Waals surface area contributed by atoms with E-state index in [9.17, 15) is 4.79 Å². The maximum absolute atomic E-state index is 12.0. The van der Waals surface area contributed by atoms with Gasteiger partial charge in [-0.15, -0.1) is 24.0 Å². The highest BCUT2D eigenvalue weighted by Crippen LogP contribution is 2.13. The maximum Gasteiger partial charge on any atom is 0.287 e. The third kappa shape index (κ3) is 6.44. The zero-order valence-corrected chi connectivity index (χ0v) is 20.2.